The Hall–Kier alpha value is -3.53. The number of hydrogen-bond acceptors (Lipinski definition) is 6. The van der Waals surface area contributed by atoms with E-state index in [0.717, 1.165) is 5.56 Å². The van der Waals surface area contributed by atoms with E-state index in [4.69, 9.17) is 5.73 Å². The molecule has 4 heterocycles. The molecule has 0 spiro atoms. The van der Waals surface area contributed by atoms with Crippen molar-refractivity contribution < 1.29 is 9.18 Å². The molecular formula is C19H15FN6O2S. The van der Waals surface area contributed by atoms with Crippen LogP contribution in [0, 0.1) is 5.82 Å². The van der Waals surface area contributed by atoms with Gasteiger partial charge in [-0.25, -0.2) is 18.9 Å². The van der Waals surface area contributed by atoms with Crippen molar-refractivity contribution in [2.75, 3.05) is 5.73 Å². The van der Waals surface area contributed by atoms with Gasteiger partial charge in [0.2, 0.25) is 5.91 Å². The third kappa shape index (κ3) is 3.07. The Bertz CT molecular complexity index is 1310. The van der Waals surface area contributed by atoms with Crippen LogP contribution in [0.2, 0.25) is 0 Å². The van der Waals surface area contributed by atoms with Gasteiger partial charge in [-0.15, -0.1) is 11.3 Å². The maximum absolute atomic E-state index is 13.2. The zero-order valence-electron chi connectivity index (χ0n) is 15.1. The number of H-pyrrole nitrogens is 1. The summed E-state index contributed by atoms with van der Waals surface area (Å²) in [6.45, 7) is 0.476. The highest BCUT2D eigenvalue weighted by atomic mass is 32.1. The van der Waals surface area contributed by atoms with Gasteiger partial charge in [-0.2, -0.15) is 0 Å². The number of benzene rings is 1. The summed E-state index contributed by atoms with van der Waals surface area (Å²) in [4.78, 5) is 35.7. The number of nitrogens with one attached hydrogen (secondary N) is 1. The molecule has 4 aromatic rings. The molecule has 0 radical (unpaired) electrons. The molecule has 0 unspecified atom stereocenters. The fraction of sp³-hybridized carbons (Fsp3) is 0.158. The average Bonchev–Trinajstić information content (AvgIpc) is 3.41. The van der Waals surface area contributed by atoms with E-state index in [1.54, 1.807) is 28.5 Å². The van der Waals surface area contributed by atoms with Crippen LogP contribution in [0.25, 0.3) is 16.9 Å². The largest absolute Gasteiger partial charge is 0.375 e. The molecule has 1 aliphatic heterocycles. The molecule has 146 valence electrons. The van der Waals surface area contributed by atoms with Gasteiger partial charge in [0, 0.05) is 11.4 Å². The van der Waals surface area contributed by atoms with Crippen LogP contribution in [0.4, 0.5) is 9.52 Å². The van der Waals surface area contributed by atoms with E-state index < -0.39 is 0 Å². The summed E-state index contributed by atoms with van der Waals surface area (Å²) in [7, 11) is 0. The topological polar surface area (TPSA) is 109 Å². The van der Waals surface area contributed by atoms with Gasteiger partial charge in [0.15, 0.2) is 10.8 Å². The third-order valence-electron chi connectivity index (χ3n) is 4.89. The Morgan fingerprint density at radius 1 is 1.24 bits per heavy atom. The number of rotatable bonds is 3. The smallest absolute Gasteiger partial charge is 0.278 e. The number of aromatic amines is 1. The van der Waals surface area contributed by atoms with Crippen molar-refractivity contribution in [3.8, 4) is 11.3 Å². The molecule has 8 nitrogen and oxygen atoms in total. The van der Waals surface area contributed by atoms with Crippen LogP contribution in [0.5, 0.6) is 0 Å². The number of fused-ring (bicyclic) bond motifs is 2. The number of nitrogens with zero attached hydrogens (tertiary/aromatic N) is 4. The first-order valence-electron chi connectivity index (χ1n) is 8.85. The Kier molecular flexibility index (Phi) is 3.95. The number of hydrogen-bond donors (Lipinski definition) is 2. The number of thiazole rings is 1. The van der Waals surface area contributed by atoms with Crippen LogP contribution in [-0.2, 0) is 24.3 Å². The van der Waals surface area contributed by atoms with E-state index >= 15 is 0 Å². The minimum absolute atomic E-state index is 0.131. The molecule has 0 bridgehead atoms. The van der Waals surface area contributed by atoms with Gasteiger partial charge in [0.25, 0.3) is 5.56 Å². The number of halogens is 1. The zero-order chi connectivity index (χ0) is 20.1. The van der Waals surface area contributed by atoms with E-state index in [2.05, 4.69) is 15.1 Å². The number of nitrogen functional groups attached to an aromatic ring is 1. The molecule has 0 saturated carbocycles. The van der Waals surface area contributed by atoms with Crippen LogP contribution in [0.3, 0.4) is 0 Å². The average molecular weight is 410 g/mol. The van der Waals surface area contributed by atoms with Crippen LogP contribution < -0.4 is 11.3 Å². The van der Waals surface area contributed by atoms with Crippen molar-refractivity contribution in [2.24, 2.45) is 0 Å². The standard InChI is InChI=1S/C19H15FN6O2S/c20-11-3-1-10(2-4-11)14-6-16-23-15-8-25(7-13(15)18(28)26(16)24-14)17(27)5-12-9-29-19(21)22-12/h1-4,6,9,24H,5,7-8H2,(H2,21,22). The van der Waals surface area contributed by atoms with Crippen molar-refractivity contribution in [3.63, 3.8) is 0 Å². The fourth-order valence-electron chi connectivity index (χ4n) is 3.45. The summed E-state index contributed by atoms with van der Waals surface area (Å²) in [5.74, 6) is -0.461. The summed E-state index contributed by atoms with van der Waals surface area (Å²) >= 11 is 1.29. The minimum Gasteiger partial charge on any atom is -0.375 e. The quantitative estimate of drug-likeness (QED) is 0.537. The van der Waals surface area contributed by atoms with Gasteiger partial charge >= 0.3 is 0 Å². The SMILES string of the molecule is Nc1nc(CC(=O)N2Cc3nc4cc(-c5ccc(F)cc5)[nH]n4c(=O)c3C2)cs1. The maximum Gasteiger partial charge on any atom is 0.278 e. The molecular weight excluding hydrogens is 395 g/mol. The molecule has 5 rings (SSSR count). The van der Waals surface area contributed by atoms with Crippen LogP contribution in [0.1, 0.15) is 17.0 Å². The molecule has 3 N–H and O–H groups in total. The lowest BCUT2D eigenvalue weighted by Crippen LogP contribution is -2.28. The van der Waals surface area contributed by atoms with Crippen molar-refractivity contribution in [3.05, 3.63) is 68.8 Å². The van der Waals surface area contributed by atoms with Crippen LogP contribution in [-0.4, -0.2) is 30.4 Å². The third-order valence-corrected chi connectivity index (χ3v) is 5.62. The predicted molar refractivity (Wildman–Crippen MR) is 106 cm³/mol. The highest BCUT2D eigenvalue weighted by Gasteiger charge is 2.28. The van der Waals surface area contributed by atoms with Gasteiger partial charge in [-0.1, -0.05) is 0 Å². The number of carbonyl (C=O) groups is 1. The first kappa shape index (κ1) is 17.6. The van der Waals surface area contributed by atoms with Crippen molar-refractivity contribution >= 4 is 28.0 Å². The Balaban J connectivity index is 1.43. The Labute approximate surface area is 167 Å². The molecule has 0 saturated heterocycles. The van der Waals surface area contributed by atoms with Gasteiger partial charge < -0.3 is 10.6 Å². The second-order valence-electron chi connectivity index (χ2n) is 6.82. The molecule has 1 aromatic carbocycles. The summed E-state index contributed by atoms with van der Waals surface area (Å²) < 4.78 is 14.5. The number of aromatic nitrogens is 4. The lowest BCUT2D eigenvalue weighted by atomic mass is 10.1. The molecule has 3 aromatic heterocycles. The van der Waals surface area contributed by atoms with E-state index in [0.29, 0.717) is 33.4 Å². The molecule has 0 aliphatic carbocycles. The van der Waals surface area contributed by atoms with Crippen molar-refractivity contribution in [1.82, 2.24) is 24.5 Å². The summed E-state index contributed by atoms with van der Waals surface area (Å²) in [5.41, 5.74) is 8.92. The summed E-state index contributed by atoms with van der Waals surface area (Å²) in [5, 5.41) is 5.18. The number of nitrogens with two attached hydrogens (primary N) is 1. The summed E-state index contributed by atoms with van der Waals surface area (Å²) in [6, 6.07) is 7.71. The first-order valence-corrected chi connectivity index (χ1v) is 9.73. The molecule has 0 atom stereocenters. The fourth-order valence-corrected chi connectivity index (χ4v) is 4.01. The molecule has 10 heteroatoms. The Morgan fingerprint density at radius 2 is 2.03 bits per heavy atom. The first-order chi connectivity index (χ1) is 14.0. The van der Waals surface area contributed by atoms with Gasteiger partial charge in [-0.05, 0) is 29.8 Å². The van der Waals surface area contributed by atoms with Crippen molar-refractivity contribution in [2.45, 2.75) is 19.5 Å². The second-order valence-corrected chi connectivity index (χ2v) is 7.71. The lowest BCUT2D eigenvalue weighted by Gasteiger charge is -2.13. The molecule has 1 amide bonds. The number of amides is 1. The number of carbonyl (C=O) groups excluding carboxylic acids is 1. The predicted octanol–water partition coefficient (Wildman–Crippen LogP) is 1.95. The van der Waals surface area contributed by atoms with E-state index in [-0.39, 0.29) is 36.8 Å². The highest BCUT2D eigenvalue weighted by molar-refractivity contribution is 7.13. The van der Waals surface area contributed by atoms with Gasteiger partial charge in [-0.3, -0.25) is 14.7 Å². The number of anilines is 1. The maximum atomic E-state index is 13.2. The van der Waals surface area contributed by atoms with Crippen LogP contribution >= 0.6 is 11.3 Å². The zero-order valence-corrected chi connectivity index (χ0v) is 15.9. The molecule has 0 fully saturated rings. The minimum atomic E-state index is -0.329. The monoisotopic (exact) mass is 410 g/mol. The molecule has 1 aliphatic rings. The second kappa shape index (κ2) is 6.52. The summed E-state index contributed by atoms with van der Waals surface area (Å²) in [6.07, 6.45) is 0.135. The van der Waals surface area contributed by atoms with E-state index in [1.807, 2.05) is 0 Å². The van der Waals surface area contributed by atoms with Gasteiger partial charge in [0.1, 0.15) is 5.82 Å². The van der Waals surface area contributed by atoms with Crippen LogP contribution in [0.15, 0.2) is 40.5 Å². The molecule has 29 heavy (non-hydrogen) atoms. The lowest BCUT2D eigenvalue weighted by molar-refractivity contribution is -0.131. The van der Waals surface area contributed by atoms with E-state index in [1.165, 1.54) is 28.0 Å². The van der Waals surface area contributed by atoms with Gasteiger partial charge in [0.05, 0.1) is 42.2 Å². The normalized spacial score (nSPS) is 13.2. The Morgan fingerprint density at radius 3 is 2.76 bits per heavy atom. The van der Waals surface area contributed by atoms with Crippen molar-refractivity contribution in [1.29, 1.82) is 0 Å². The van der Waals surface area contributed by atoms with E-state index in [9.17, 15) is 14.0 Å². The highest BCUT2D eigenvalue weighted by Crippen LogP contribution is 2.23.